The fraction of sp³-hybridized carbons (Fsp3) is 0.824. The molecule has 4 heteroatoms. The SMILES string of the molecule is CC1CCCN(Cc2nc(C(C)(C)C)c(C(C)(C)N)s2)C1. The van der Waals surface area contributed by atoms with Gasteiger partial charge >= 0.3 is 0 Å². The Labute approximate surface area is 133 Å². The summed E-state index contributed by atoms with van der Waals surface area (Å²) >= 11 is 1.81. The molecule has 1 aromatic heterocycles. The summed E-state index contributed by atoms with van der Waals surface area (Å²) in [5, 5.41) is 1.22. The second kappa shape index (κ2) is 5.98. The average molecular weight is 310 g/mol. The third-order valence-corrected chi connectivity index (χ3v) is 5.45. The van der Waals surface area contributed by atoms with Crippen LogP contribution < -0.4 is 5.73 Å². The number of hydrogen-bond donors (Lipinski definition) is 1. The third-order valence-electron chi connectivity index (χ3n) is 4.07. The lowest BCUT2D eigenvalue weighted by Gasteiger charge is -2.30. The molecule has 120 valence electrons. The summed E-state index contributed by atoms with van der Waals surface area (Å²) in [5.41, 5.74) is 7.30. The van der Waals surface area contributed by atoms with Gasteiger partial charge in [0.15, 0.2) is 0 Å². The fourth-order valence-corrected chi connectivity index (χ4v) is 4.33. The highest BCUT2D eigenvalue weighted by molar-refractivity contribution is 7.11. The molecule has 1 aliphatic rings. The Morgan fingerprint density at radius 1 is 1.29 bits per heavy atom. The van der Waals surface area contributed by atoms with Crippen molar-refractivity contribution < 1.29 is 0 Å². The van der Waals surface area contributed by atoms with Crippen LogP contribution >= 0.6 is 11.3 Å². The predicted molar refractivity (Wildman–Crippen MR) is 91.7 cm³/mol. The van der Waals surface area contributed by atoms with Gasteiger partial charge in [-0.05, 0) is 39.2 Å². The maximum atomic E-state index is 6.38. The Hall–Kier alpha value is -0.450. The van der Waals surface area contributed by atoms with Gasteiger partial charge in [0.25, 0.3) is 0 Å². The standard InChI is InChI=1S/C17H31N3S/c1-12-8-7-9-20(10-12)11-13-19-14(16(2,3)4)15(21-13)17(5,6)18/h12H,7-11,18H2,1-6H3. The van der Waals surface area contributed by atoms with Crippen molar-refractivity contribution in [3.8, 4) is 0 Å². The first kappa shape index (κ1) is 16.9. The lowest BCUT2D eigenvalue weighted by atomic mass is 9.87. The van der Waals surface area contributed by atoms with E-state index in [9.17, 15) is 0 Å². The first-order chi connectivity index (χ1) is 9.57. The van der Waals surface area contributed by atoms with E-state index in [1.807, 2.05) is 11.3 Å². The lowest BCUT2D eigenvalue weighted by Crippen LogP contribution is -2.33. The van der Waals surface area contributed by atoms with Gasteiger partial charge in [0.2, 0.25) is 0 Å². The van der Waals surface area contributed by atoms with Gasteiger partial charge in [0, 0.05) is 22.4 Å². The van der Waals surface area contributed by atoms with Gasteiger partial charge < -0.3 is 5.73 Å². The molecule has 1 saturated heterocycles. The highest BCUT2D eigenvalue weighted by Gasteiger charge is 2.30. The van der Waals surface area contributed by atoms with Crippen LogP contribution in [0.5, 0.6) is 0 Å². The van der Waals surface area contributed by atoms with E-state index in [0.717, 1.165) is 12.5 Å². The Morgan fingerprint density at radius 3 is 2.43 bits per heavy atom. The van der Waals surface area contributed by atoms with Gasteiger partial charge in [-0.15, -0.1) is 11.3 Å². The lowest BCUT2D eigenvalue weighted by molar-refractivity contribution is 0.176. The highest BCUT2D eigenvalue weighted by atomic mass is 32.1. The summed E-state index contributed by atoms with van der Waals surface area (Å²) in [6.45, 7) is 16.6. The largest absolute Gasteiger partial charge is 0.321 e. The summed E-state index contributed by atoms with van der Waals surface area (Å²) in [4.78, 5) is 8.76. The van der Waals surface area contributed by atoms with Crippen molar-refractivity contribution in [3.63, 3.8) is 0 Å². The van der Waals surface area contributed by atoms with Gasteiger partial charge in [0.05, 0.1) is 12.2 Å². The molecule has 0 radical (unpaired) electrons. The number of piperidine rings is 1. The van der Waals surface area contributed by atoms with Crippen molar-refractivity contribution in [2.75, 3.05) is 13.1 Å². The minimum Gasteiger partial charge on any atom is -0.321 e. The Balaban J connectivity index is 2.23. The van der Waals surface area contributed by atoms with Crippen LogP contribution in [0.1, 0.15) is 70.0 Å². The van der Waals surface area contributed by atoms with Crippen molar-refractivity contribution >= 4 is 11.3 Å². The topological polar surface area (TPSA) is 42.2 Å². The van der Waals surface area contributed by atoms with E-state index in [4.69, 9.17) is 10.7 Å². The normalized spacial score (nSPS) is 21.8. The molecule has 2 N–H and O–H groups in total. The number of aromatic nitrogens is 1. The first-order valence-corrected chi connectivity index (χ1v) is 8.91. The average Bonchev–Trinajstić information content (AvgIpc) is 2.72. The molecule has 1 fully saturated rings. The van der Waals surface area contributed by atoms with Gasteiger partial charge in [-0.25, -0.2) is 4.98 Å². The van der Waals surface area contributed by atoms with Crippen molar-refractivity contribution in [2.45, 2.75) is 71.9 Å². The zero-order valence-corrected chi connectivity index (χ0v) is 15.3. The number of nitrogens with two attached hydrogens (primary N) is 1. The highest BCUT2D eigenvalue weighted by Crippen LogP contribution is 2.36. The maximum Gasteiger partial charge on any atom is 0.107 e. The molecular weight excluding hydrogens is 278 g/mol. The molecule has 0 aliphatic carbocycles. The van der Waals surface area contributed by atoms with Crippen molar-refractivity contribution in [1.29, 1.82) is 0 Å². The number of nitrogens with zero attached hydrogens (tertiary/aromatic N) is 2. The van der Waals surface area contributed by atoms with Crippen LogP contribution in [0.2, 0.25) is 0 Å². The zero-order valence-electron chi connectivity index (χ0n) is 14.5. The third kappa shape index (κ3) is 4.27. The van der Waals surface area contributed by atoms with E-state index >= 15 is 0 Å². The molecule has 1 aliphatic heterocycles. The van der Waals surface area contributed by atoms with E-state index in [2.05, 4.69) is 46.4 Å². The molecule has 0 amide bonds. The van der Waals surface area contributed by atoms with Crippen LogP contribution in [0, 0.1) is 5.92 Å². The van der Waals surface area contributed by atoms with E-state index in [0.29, 0.717) is 0 Å². The number of likely N-dealkylation sites (tertiary alicyclic amines) is 1. The molecule has 1 unspecified atom stereocenters. The first-order valence-electron chi connectivity index (χ1n) is 8.09. The summed E-state index contributed by atoms with van der Waals surface area (Å²) < 4.78 is 0. The summed E-state index contributed by atoms with van der Waals surface area (Å²) in [5.74, 6) is 0.811. The van der Waals surface area contributed by atoms with E-state index in [1.54, 1.807) is 0 Å². The monoisotopic (exact) mass is 309 g/mol. The van der Waals surface area contributed by atoms with Crippen molar-refractivity contribution in [2.24, 2.45) is 11.7 Å². The van der Waals surface area contributed by atoms with Gasteiger partial charge in [-0.1, -0.05) is 27.7 Å². The smallest absolute Gasteiger partial charge is 0.107 e. The van der Waals surface area contributed by atoms with Gasteiger partial charge in [0.1, 0.15) is 5.01 Å². The molecule has 1 atom stereocenters. The number of rotatable bonds is 3. The van der Waals surface area contributed by atoms with E-state index in [-0.39, 0.29) is 11.0 Å². The van der Waals surface area contributed by atoms with E-state index in [1.165, 1.54) is 41.5 Å². The molecular formula is C17H31N3S. The molecule has 1 aromatic rings. The second-order valence-corrected chi connectivity index (χ2v) is 9.32. The Bertz CT molecular complexity index is 448. The number of thiazole rings is 1. The van der Waals surface area contributed by atoms with Crippen LogP contribution in [0.3, 0.4) is 0 Å². The van der Waals surface area contributed by atoms with Gasteiger partial charge in [-0.3, -0.25) is 4.90 Å². The minimum atomic E-state index is -0.312. The molecule has 21 heavy (non-hydrogen) atoms. The van der Waals surface area contributed by atoms with Crippen LogP contribution in [0.25, 0.3) is 0 Å². The summed E-state index contributed by atoms with van der Waals surface area (Å²) in [6, 6.07) is 0. The zero-order chi connectivity index (χ0) is 15.8. The molecule has 0 aromatic carbocycles. The maximum absolute atomic E-state index is 6.38. The Morgan fingerprint density at radius 2 is 1.95 bits per heavy atom. The number of hydrogen-bond acceptors (Lipinski definition) is 4. The van der Waals surface area contributed by atoms with Crippen LogP contribution in [0.4, 0.5) is 0 Å². The predicted octanol–water partition coefficient (Wildman–Crippen LogP) is 3.87. The van der Waals surface area contributed by atoms with Crippen LogP contribution in [-0.2, 0) is 17.5 Å². The molecule has 3 nitrogen and oxygen atoms in total. The van der Waals surface area contributed by atoms with Crippen LogP contribution in [-0.4, -0.2) is 23.0 Å². The summed E-state index contributed by atoms with van der Waals surface area (Å²) in [7, 11) is 0. The molecule has 0 spiro atoms. The molecule has 0 saturated carbocycles. The fourth-order valence-electron chi connectivity index (χ4n) is 3.00. The van der Waals surface area contributed by atoms with Crippen molar-refractivity contribution in [1.82, 2.24) is 9.88 Å². The summed E-state index contributed by atoms with van der Waals surface area (Å²) in [6.07, 6.45) is 2.68. The van der Waals surface area contributed by atoms with Crippen molar-refractivity contribution in [3.05, 3.63) is 15.6 Å². The quantitative estimate of drug-likeness (QED) is 0.921. The molecule has 2 heterocycles. The molecule has 2 rings (SSSR count). The second-order valence-electron chi connectivity index (χ2n) is 8.24. The Kier molecular flexibility index (Phi) is 4.81. The van der Waals surface area contributed by atoms with E-state index < -0.39 is 0 Å². The molecule has 0 bridgehead atoms. The minimum absolute atomic E-state index is 0.0515. The van der Waals surface area contributed by atoms with Crippen LogP contribution in [0.15, 0.2) is 0 Å². The van der Waals surface area contributed by atoms with Gasteiger partial charge in [-0.2, -0.15) is 0 Å².